The summed E-state index contributed by atoms with van der Waals surface area (Å²) in [7, 11) is 0. The molecule has 0 fully saturated rings. The Balaban J connectivity index is 3.00. The molecule has 0 aliphatic heterocycles. The third-order valence-electron chi connectivity index (χ3n) is 1.28. The minimum Gasteiger partial charge on any atom is -0.288 e. The summed E-state index contributed by atoms with van der Waals surface area (Å²) in [5, 5.41) is 13.6. The molecule has 0 unspecified atom stereocenters. The van der Waals surface area contributed by atoms with Gasteiger partial charge in [0.2, 0.25) is 5.43 Å². The molecule has 2 heterocycles. The van der Waals surface area contributed by atoms with Crippen LogP contribution >= 0.6 is 0 Å². The first-order valence-electron chi connectivity index (χ1n) is 3.02. The molecule has 0 saturated carbocycles. The highest BCUT2D eigenvalue weighted by molar-refractivity contribution is 5.71. The molecule has 1 N–H and O–H groups in total. The van der Waals surface area contributed by atoms with Crippen LogP contribution in [0.5, 0.6) is 0 Å². The summed E-state index contributed by atoms with van der Waals surface area (Å²) in [5.74, 6) is 0. The van der Waals surface area contributed by atoms with Crippen LogP contribution in [0.25, 0.3) is 11.0 Å². The molecule has 0 spiro atoms. The summed E-state index contributed by atoms with van der Waals surface area (Å²) in [4.78, 5) is 10.8. The average Bonchev–Trinajstić information content (AvgIpc) is 2.31. The van der Waals surface area contributed by atoms with E-state index >= 15 is 0 Å². The van der Waals surface area contributed by atoms with Crippen LogP contribution in [0.15, 0.2) is 23.3 Å². The highest BCUT2D eigenvalue weighted by Crippen LogP contribution is 1.98. The van der Waals surface area contributed by atoms with E-state index in [1.54, 1.807) is 0 Å². The maximum absolute atomic E-state index is 10.8. The number of hydrogen-bond donors (Lipinski definition) is 1. The Hall–Kier alpha value is -1.78. The van der Waals surface area contributed by atoms with Gasteiger partial charge in [-0.2, -0.15) is 10.2 Å². The predicted molar refractivity (Wildman–Crippen MR) is 38.0 cm³/mol. The topological polar surface area (TPSA) is 71.5 Å². The van der Waals surface area contributed by atoms with E-state index in [2.05, 4.69) is 20.4 Å². The van der Waals surface area contributed by atoms with Crippen LogP contribution in [-0.2, 0) is 0 Å². The van der Waals surface area contributed by atoms with E-state index in [9.17, 15) is 4.79 Å². The maximum atomic E-state index is 10.8. The highest BCUT2D eigenvalue weighted by Gasteiger charge is 1.93. The van der Waals surface area contributed by atoms with Gasteiger partial charge in [-0.25, -0.2) is 0 Å². The normalized spacial score (nSPS) is 10.2. The van der Waals surface area contributed by atoms with E-state index in [0.717, 1.165) is 6.20 Å². The second kappa shape index (κ2) is 2.12. The van der Waals surface area contributed by atoms with E-state index in [1.807, 2.05) is 0 Å². The van der Waals surface area contributed by atoms with Crippen LogP contribution in [0, 0.1) is 0 Å². The fourth-order valence-electron chi connectivity index (χ4n) is 0.803. The molecule has 0 bridgehead atoms. The van der Waals surface area contributed by atoms with Gasteiger partial charge in [0, 0.05) is 6.07 Å². The lowest BCUT2D eigenvalue weighted by atomic mass is 10.4. The van der Waals surface area contributed by atoms with Crippen LogP contribution < -0.4 is 5.43 Å². The number of rotatable bonds is 0. The zero-order valence-corrected chi connectivity index (χ0v) is 5.48. The third-order valence-corrected chi connectivity index (χ3v) is 1.28. The summed E-state index contributed by atoms with van der Waals surface area (Å²) in [5.41, 5.74) is 1.01. The van der Waals surface area contributed by atoms with E-state index in [0.29, 0.717) is 11.0 Å². The van der Waals surface area contributed by atoms with Gasteiger partial charge in [-0.1, -0.05) is 0 Å². The fourth-order valence-corrected chi connectivity index (χ4v) is 0.803. The predicted octanol–water partition coefficient (Wildman–Crippen LogP) is -0.287. The number of aromatic nitrogens is 4. The number of H-pyrrole nitrogens is 1. The molecule has 0 amide bonds. The monoisotopic (exact) mass is 148 g/mol. The number of nitrogens with zero attached hydrogens (tertiary/aromatic N) is 3. The Kier molecular flexibility index (Phi) is 1.15. The van der Waals surface area contributed by atoms with Gasteiger partial charge >= 0.3 is 0 Å². The van der Waals surface area contributed by atoms with Crippen LogP contribution in [0.1, 0.15) is 0 Å². The molecule has 5 nitrogen and oxygen atoms in total. The number of fused-ring (bicyclic) bond motifs is 1. The average molecular weight is 148 g/mol. The van der Waals surface area contributed by atoms with Gasteiger partial charge in [0.15, 0.2) is 0 Å². The molecule has 0 aromatic carbocycles. The Bertz CT molecular complexity index is 436. The van der Waals surface area contributed by atoms with Crippen LogP contribution in [0.3, 0.4) is 0 Å². The first-order valence-corrected chi connectivity index (χ1v) is 3.02. The van der Waals surface area contributed by atoms with Crippen molar-refractivity contribution in [3.05, 3.63) is 28.7 Å². The van der Waals surface area contributed by atoms with Crippen molar-refractivity contribution in [3.8, 4) is 0 Å². The lowest BCUT2D eigenvalue weighted by Gasteiger charge is -1.70. The van der Waals surface area contributed by atoms with Gasteiger partial charge in [-0.3, -0.25) is 9.89 Å². The van der Waals surface area contributed by atoms with Crippen molar-refractivity contribution in [3.63, 3.8) is 0 Å². The zero-order valence-electron chi connectivity index (χ0n) is 5.48. The standard InChI is InChI=1S/C6H4N4O/c11-4-1-5-6(3-8-9-5)10-7-2-4/h1-3,9H. The SMILES string of the molecule is O=c1cnnc2cn[nH]c2c1. The minimum atomic E-state index is -0.184. The van der Waals surface area contributed by atoms with E-state index in [-0.39, 0.29) is 5.43 Å². The highest BCUT2D eigenvalue weighted by atomic mass is 16.1. The molecule has 0 saturated heterocycles. The quantitative estimate of drug-likeness (QED) is 0.557. The second-order valence-electron chi connectivity index (χ2n) is 2.06. The van der Waals surface area contributed by atoms with Crippen LogP contribution in [0.4, 0.5) is 0 Å². The number of hydrogen-bond acceptors (Lipinski definition) is 4. The molecule has 0 aliphatic carbocycles. The van der Waals surface area contributed by atoms with Gasteiger partial charge in [0.25, 0.3) is 0 Å². The smallest absolute Gasteiger partial charge is 0.200 e. The first kappa shape index (κ1) is 5.96. The lowest BCUT2D eigenvalue weighted by Crippen LogP contribution is -1.91. The lowest BCUT2D eigenvalue weighted by molar-refractivity contribution is 1.08. The number of nitrogens with one attached hydrogen (secondary N) is 1. The summed E-state index contributed by atoms with van der Waals surface area (Å²) < 4.78 is 0. The van der Waals surface area contributed by atoms with Crippen molar-refractivity contribution in [2.75, 3.05) is 0 Å². The Labute approximate surface area is 61.1 Å². The zero-order chi connectivity index (χ0) is 7.68. The van der Waals surface area contributed by atoms with Gasteiger partial charge in [0.1, 0.15) is 5.52 Å². The summed E-state index contributed by atoms with van der Waals surface area (Å²) in [6, 6.07) is 1.41. The molecule has 5 heteroatoms. The molecule has 0 aliphatic rings. The first-order chi connectivity index (χ1) is 5.36. The van der Waals surface area contributed by atoms with Crippen molar-refractivity contribution >= 4 is 11.0 Å². The Morgan fingerprint density at radius 1 is 1.36 bits per heavy atom. The van der Waals surface area contributed by atoms with Crippen molar-refractivity contribution in [1.82, 2.24) is 20.4 Å². The molecule has 54 valence electrons. The van der Waals surface area contributed by atoms with E-state index < -0.39 is 0 Å². The minimum absolute atomic E-state index is 0.184. The summed E-state index contributed by atoms with van der Waals surface area (Å²) in [6.45, 7) is 0. The molecule has 0 atom stereocenters. The second-order valence-corrected chi connectivity index (χ2v) is 2.06. The van der Waals surface area contributed by atoms with Crippen molar-refractivity contribution in [1.29, 1.82) is 0 Å². The molecule has 2 rings (SSSR count). The maximum Gasteiger partial charge on any atom is 0.200 e. The van der Waals surface area contributed by atoms with Gasteiger partial charge in [-0.15, -0.1) is 5.10 Å². The van der Waals surface area contributed by atoms with Gasteiger partial charge in [0.05, 0.1) is 17.9 Å². The molecule has 0 radical (unpaired) electrons. The molecule has 11 heavy (non-hydrogen) atoms. The molecular weight excluding hydrogens is 144 g/mol. The summed E-state index contributed by atoms with van der Waals surface area (Å²) in [6.07, 6.45) is 2.68. The van der Waals surface area contributed by atoms with Crippen molar-refractivity contribution in [2.45, 2.75) is 0 Å². The number of aromatic amines is 1. The van der Waals surface area contributed by atoms with Gasteiger partial charge in [-0.05, 0) is 0 Å². The Morgan fingerprint density at radius 3 is 3.18 bits per heavy atom. The van der Waals surface area contributed by atoms with E-state index in [1.165, 1.54) is 12.3 Å². The third kappa shape index (κ3) is 0.958. The fraction of sp³-hybridized carbons (Fsp3) is 0. The molecule has 2 aromatic heterocycles. The van der Waals surface area contributed by atoms with Crippen LogP contribution in [0.2, 0.25) is 0 Å². The molecular formula is C6H4N4O. The molecule has 2 aromatic rings. The Morgan fingerprint density at radius 2 is 2.27 bits per heavy atom. The van der Waals surface area contributed by atoms with E-state index in [4.69, 9.17) is 0 Å². The van der Waals surface area contributed by atoms with Crippen LogP contribution in [-0.4, -0.2) is 20.4 Å². The summed E-state index contributed by atoms with van der Waals surface area (Å²) >= 11 is 0. The largest absolute Gasteiger partial charge is 0.288 e. The van der Waals surface area contributed by atoms with Crippen molar-refractivity contribution < 1.29 is 0 Å². The van der Waals surface area contributed by atoms with Gasteiger partial charge < -0.3 is 0 Å². The van der Waals surface area contributed by atoms with Crippen molar-refractivity contribution in [2.24, 2.45) is 0 Å².